The van der Waals surface area contributed by atoms with Gasteiger partial charge in [0.15, 0.2) is 0 Å². The smallest absolute Gasteiger partial charge is 0.213 e. The second-order valence-electron chi connectivity index (χ2n) is 7.52. The third-order valence-electron chi connectivity index (χ3n) is 5.76. The predicted molar refractivity (Wildman–Crippen MR) is 97.9 cm³/mol. The molecule has 4 heteroatoms. The lowest BCUT2D eigenvalue weighted by atomic mass is 9.77. The number of hydrogen-bond donors (Lipinski definition) is 1. The van der Waals surface area contributed by atoms with Crippen molar-refractivity contribution in [2.75, 3.05) is 25.5 Å². The first-order valence-electron chi connectivity index (χ1n) is 8.76. The summed E-state index contributed by atoms with van der Waals surface area (Å²) in [6, 6.07) is 10.5. The number of halogens is 1. The zero-order valence-electron chi connectivity index (χ0n) is 14.3. The van der Waals surface area contributed by atoms with E-state index in [0.717, 1.165) is 24.1 Å². The molecule has 1 aromatic carbocycles. The van der Waals surface area contributed by atoms with Crippen LogP contribution in [0, 0.1) is 5.95 Å². The fourth-order valence-electron chi connectivity index (χ4n) is 4.28. The lowest BCUT2D eigenvalue weighted by molar-refractivity contribution is 0.254. The molecule has 24 heavy (non-hydrogen) atoms. The molecule has 4 rings (SSSR count). The monoisotopic (exact) mass is 327 g/mol. The Morgan fingerprint density at radius 3 is 2.92 bits per heavy atom. The van der Waals surface area contributed by atoms with Crippen molar-refractivity contribution in [3.8, 4) is 11.1 Å². The van der Waals surface area contributed by atoms with Crippen molar-refractivity contribution in [3.05, 3.63) is 48.0 Å². The first kappa shape index (κ1) is 15.6. The quantitative estimate of drug-likeness (QED) is 0.852. The van der Waals surface area contributed by atoms with E-state index in [4.69, 9.17) is 0 Å². The van der Waals surface area contributed by atoms with Crippen molar-refractivity contribution in [2.45, 2.75) is 37.6 Å². The summed E-state index contributed by atoms with van der Waals surface area (Å²) in [5, 5.41) is 3.56. The molecule has 0 amide bonds. The summed E-state index contributed by atoms with van der Waals surface area (Å²) in [5.41, 5.74) is 4.65. The van der Waals surface area contributed by atoms with Crippen LogP contribution in [0.15, 0.2) is 36.5 Å². The summed E-state index contributed by atoms with van der Waals surface area (Å²) < 4.78 is 13.5. The first-order valence-corrected chi connectivity index (χ1v) is 8.76. The number of benzene rings is 1. The number of aromatic nitrogens is 1. The van der Waals surface area contributed by atoms with E-state index < -0.39 is 5.95 Å². The molecule has 2 aliphatic heterocycles. The number of nitrogens with zero attached hydrogens (tertiary/aromatic N) is 2. The summed E-state index contributed by atoms with van der Waals surface area (Å²) in [5.74, 6) is -0.429. The summed E-state index contributed by atoms with van der Waals surface area (Å²) in [6.07, 6.45) is 5.28. The van der Waals surface area contributed by atoms with Crippen LogP contribution in [0.25, 0.3) is 11.1 Å². The van der Waals surface area contributed by atoms with Crippen molar-refractivity contribution in [3.63, 3.8) is 0 Å². The molecular formula is C20H26FN3. The van der Waals surface area contributed by atoms with Crippen LogP contribution in [0.4, 0.5) is 10.1 Å². The highest BCUT2D eigenvalue weighted by atomic mass is 19.1. The second-order valence-corrected chi connectivity index (χ2v) is 7.52. The molecule has 1 aromatic heterocycles. The van der Waals surface area contributed by atoms with Gasteiger partial charge in [0, 0.05) is 37.4 Å². The fraction of sp³-hybridized carbons (Fsp3) is 0.450. The summed E-state index contributed by atoms with van der Waals surface area (Å²) in [6.45, 7) is 4.53. The number of fused-ring (bicyclic) bond motifs is 1. The minimum absolute atomic E-state index is 0. The van der Waals surface area contributed by atoms with Crippen molar-refractivity contribution >= 4 is 5.69 Å². The Morgan fingerprint density at radius 1 is 1.33 bits per heavy atom. The second kappa shape index (κ2) is 5.85. The molecule has 128 valence electrons. The molecule has 1 fully saturated rings. The van der Waals surface area contributed by atoms with Crippen LogP contribution in [0.5, 0.6) is 0 Å². The van der Waals surface area contributed by atoms with Gasteiger partial charge in [-0.3, -0.25) is 0 Å². The normalized spacial score (nSPS) is 26.4. The lowest BCUT2D eigenvalue weighted by Gasteiger charge is -2.31. The zero-order valence-corrected chi connectivity index (χ0v) is 14.3. The molecule has 3 heterocycles. The minimum Gasteiger partial charge on any atom is -0.384 e. The molecule has 2 atom stereocenters. The van der Waals surface area contributed by atoms with Gasteiger partial charge in [0.05, 0.1) is 0 Å². The highest BCUT2D eigenvalue weighted by Crippen LogP contribution is 2.43. The Labute approximate surface area is 144 Å². The Bertz CT molecular complexity index is 766. The maximum atomic E-state index is 13.5. The van der Waals surface area contributed by atoms with Crippen LogP contribution in [0.1, 0.15) is 33.2 Å². The van der Waals surface area contributed by atoms with Crippen LogP contribution in [-0.2, 0) is 5.41 Å². The van der Waals surface area contributed by atoms with Crippen LogP contribution in [-0.4, -0.2) is 36.1 Å². The molecule has 2 aromatic rings. The van der Waals surface area contributed by atoms with E-state index in [0.29, 0.717) is 6.04 Å². The maximum absolute atomic E-state index is 13.5. The maximum Gasteiger partial charge on any atom is 0.213 e. The Balaban J connectivity index is 0.00000182. The van der Waals surface area contributed by atoms with Gasteiger partial charge < -0.3 is 10.2 Å². The molecule has 0 aliphatic carbocycles. The standard InChI is InChI=1S/C20H24FN3.H2/c1-20(12-16-4-3-9-24(16)2)13-23-18-6-5-14(10-17(18)20)15-7-8-22-19(21)11-15;/h5-8,10-11,16,23H,3-4,9,12-13H2,1-2H3;1H/t16-,20?;/m1./s1. The van der Waals surface area contributed by atoms with Gasteiger partial charge in [0.2, 0.25) is 5.95 Å². The third-order valence-corrected chi connectivity index (χ3v) is 5.76. The van der Waals surface area contributed by atoms with Crippen LogP contribution < -0.4 is 5.32 Å². The summed E-state index contributed by atoms with van der Waals surface area (Å²) in [7, 11) is 2.24. The van der Waals surface area contributed by atoms with Crippen LogP contribution >= 0.6 is 0 Å². The molecule has 0 bridgehead atoms. The van der Waals surface area contributed by atoms with Gasteiger partial charge in [-0.1, -0.05) is 13.0 Å². The van der Waals surface area contributed by atoms with Crippen molar-refractivity contribution in [1.29, 1.82) is 0 Å². The van der Waals surface area contributed by atoms with Gasteiger partial charge >= 0.3 is 0 Å². The molecule has 3 nitrogen and oxygen atoms in total. The number of nitrogens with one attached hydrogen (secondary N) is 1. The highest BCUT2D eigenvalue weighted by molar-refractivity contribution is 5.71. The van der Waals surface area contributed by atoms with Gasteiger partial charge in [0.25, 0.3) is 0 Å². The van der Waals surface area contributed by atoms with Crippen molar-refractivity contribution in [1.82, 2.24) is 9.88 Å². The number of hydrogen-bond acceptors (Lipinski definition) is 3. The van der Waals surface area contributed by atoms with Crippen LogP contribution in [0.3, 0.4) is 0 Å². The number of anilines is 1. The first-order chi connectivity index (χ1) is 11.5. The predicted octanol–water partition coefficient (Wildman–Crippen LogP) is 4.30. The minimum atomic E-state index is -0.429. The molecule has 2 aliphatic rings. The Hall–Kier alpha value is -1.94. The number of rotatable bonds is 3. The van der Waals surface area contributed by atoms with E-state index >= 15 is 0 Å². The molecule has 0 radical (unpaired) electrons. The topological polar surface area (TPSA) is 28.2 Å². The SMILES string of the molecule is CN1CCC[C@@H]1CC1(C)CNc2ccc(-c3ccnc(F)c3)cc21.[HH]. The van der Waals surface area contributed by atoms with E-state index in [1.54, 1.807) is 0 Å². The summed E-state index contributed by atoms with van der Waals surface area (Å²) in [4.78, 5) is 6.15. The van der Waals surface area contributed by atoms with E-state index in [2.05, 4.69) is 47.4 Å². The van der Waals surface area contributed by atoms with E-state index in [-0.39, 0.29) is 6.84 Å². The third kappa shape index (κ3) is 2.69. The molecular weight excluding hydrogens is 301 g/mol. The van der Waals surface area contributed by atoms with E-state index in [1.165, 1.54) is 42.9 Å². The molecule has 1 saturated heterocycles. The van der Waals surface area contributed by atoms with E-state index in [1.807, 2.05) is 6.07 Å². The van der Waals surface area contributed by atoms with Gasteiger partial charge in [-0.2, -0.15) is 4.39 Å². The lowest BCUT2D eigenvalue weighted by Crippen LogP contribution is -2.35. The molecule has 0 spiro atoms. The number of likely N-dealkylation sites (tertiary alicyclic amines) is 1. The van der Waals surface area contributed by atoms with Gasteiger partial charge in [-0.05, 0) is 67.7 Å². The molecule has 1 N–H and O–H groups in total. The Morgan fingerprint density at radius 2 is 2.17 bits per heavy atom. The average molecular weight is 327 g/mol. The van der Waals surface area contributed by atoms with Gasteiger partial charge in [-0.25, -0.2) is 4.98 Å². The van der Waals surface area contributed by atoms with Gasteiger partial charge in [0.1, 0.15) is 0 Å². The van der Waals surface area contributed by atoms with Crippen LogP contribution in [0.2, 0.25) is 0 Å². The number of pyridine rings is 1. The highest BCUT2D eigenvalue weighted by Gasteiger charge is 2.38. The zero-order chi connectivity index (χ0) is 16.7. The largest absolute Gasteiger partial charge is 0.384 e. The average Bonchev–Trinajstić information content (AvgIpc) is 3.12. The van der Waals surface area contributed by atoms with Gasteiger partial charge in [-0.15, -0.1) is 0 Å². The van der Waals surface area contributed by atoms with Crippen molar-refractivity contribution in [2.24, 2.45) is 0 Å². The summed E-state index contributed by atoms with van der Waals surface area (Å²) >= 11 is 0. The Kier molecular flexibility index (Phi) is 3.80. The van der Waals surface area contributed by atoms with Crippen molar-refractivity contribution < 1.29 is 5.82 Å². The fourth-order valence-corrected chi connectivity index (χ4v) is 4.28. The van der Waals surface area contributed by atoms with E-state index in [9.17, 15) is 4.39 Å². The molecule has 0 saturated carbocycles. The molecule has 1 unspecified atom stereocenters.